The largest absolute Gasteiger partial charge is 0.309 e. The van der Waals surface area contributed by atoms with Gasteiger partial charge < -0.3 is 13.7 Å². The Morgan fingerprint density at radius 1 is 0.302 bits per heavy atom. The topological polar surface area (TPSA) is 53.5 Å². The first kappa shape index (κ1) is 35.2. The van der Waals surface area contributed by atoms with Crippen molar-refractivity contribution in [2.24, 2.45) is 0 Å². The van der Waals surface area contributed by atoms with Crippen LogP contribution < -0.4 is 0 Å². The molecule has 0 aliphatic heterocycles. The fourth-order valence-electron chi connectivity index (χ4n) is 9.74. The van der Waals surface area contributed by atoms with Gasteiger partial charge in [-0.2, -0.15) is 0 Å². The summed E-state index contributed by atoms with van der Waals surface area (Å²) in [6.07, 6.45) is 5.77. The van der Waals surface area contributed by atoms with Crippen molar-refractivity contribution in [3.05, 3.63) is 219 Å². The standard InChI is InChI=1S/C57H36N6/c1-3-14-37(15-4-1)49-33-41(34-50(60-49)38-16-5-2-6-17-38)61-51-21-10-7-18-44(51)46-27-25-40(31-56(46)61)39-26-28-54-48(30-39)45-19-8-11-22-52(45)62(54)42-32-43(36-58-35-42)63-53-23-12-9-20-47(53)57-55(63)24-13-29-59-57/h1-36H. The van der Waals surface area contributed by atoms with E-state index < -0.39 is 0 Å². The summed E-state index contributed by atoms with van der Waals surface area (Å²) in [5, 5.41) is 5.91. The number of hydrogen-bond acceptors (Lipinski definition) is 3. The van der Waals surface area contributed by atoms with Crippen LogP contribution in [0.3, 0.4) is 0 Å². The van der Waals surface area contributed by atoms with E-state index in [0.29, 0.717) is 0 Å². The third kappa shape index (κ3) is 5.55. The minimum atomic E-state index is 0.934. The van der Waals surface area contributed by atoms with Crippen LogP contribution in [-0.4, -0.2) is 28.7 Å². The molecule has 0 bridgehead atoms. The van der Waals surface area contributed by atoms with E-state index in [-0.39, 0.29) is 0 Å². The molecule has 13 aromatic rings. The van der Waals surface area contributed by atoms with E-state index in [1.807, 2.05) is 24.7 Å². The Hall–Kier alpha value is -8.61. The van der Waals surface area contributed by atoms with Gasteiger partial charge in [-0.15, -0.1) is 0 Å². The second kappa shape index (κ2) is 14.0. The molecule has 6 aromatic heterocycles. The first-order valence-electron chi connectivity index (χ1n) is 21.3. The molecule has 294 valence electrons. The van der Waals surface area contributed by atoms with Crippen molar-refractivity contribution in [2.75, 3.05) is 0 Å². The van der Waals surface area contributed by atoms with E-state index in [9.17, 15) is 0 Å². The lowest BCUT2D eigenvalue weighted by Gasteiger charge is -2.14. The number of pyridine rings is 3. The van der Waals surface area contributed by atoms with Crippen molar-refractivity contribution in [3.8, 4) is 50.7 Å². The van der Waals surface area contributed by atoms with Gasteiger partial charge in [0.05, 0.1) is 79.5 Å². The molecule has 0 saturated carbocycles. The summed E-state index contributed by atoms with van der Waals surface area (Å²) in [7, 11) is 0. The highest BCUT2D eigenvalue weighted by molar-refractivity contribution is 6.13. The molecule has 0 aliphatic carbocycles. The van der Waals surface area contributed by atoms with E-state index >= 15 is 0 Å². The minimum Gasteiger partial charge on any atom is -0.309 e. The lowest BCUT2D eigenvalue weighted by molar-refractivity contribution is 1.09. The first-order valence-corrected chi connectivity index (χ1v) is 21.3. The number of para-hydroxylation sites is 3. The van der Waals surface area contributed by atoms with E-state index in [0.717, 1.165) is 94.7 Å². The van der Waals surface area contributed by atoms with Crippen LogP contribution in [0, 0.1) is 0 Å². The Morgan fingerprint density at radius 2 is 0.794 bits per heavy atom. The van der Waals surface area contributed by atoms with Crippen molar-refractivity contribution in [2.45, 2.75) is 0 Å². The van der Waals surface area contributed by atoms with Gasteiger partial charge in [-0.1, -0.05) is 133 Å². The van der Waals surface area contributed by atoms with Crippen LogP contribution in [0.5, 0.6) is 0 Å². The van der Waals surface area contributed by atoms with E-state index in [1.165, 1.54) is 21.5 Å². The Labute approximate surface area is 362 Å². The minimum absolute atomic E-state index is 0.934. The van der Waals surface area contributed by atoms with Crippen LogP contribution in [-0.2, 0) is 0 Å². The van der Waals surface area contributed by atoms with Gasteiger partial charge in [-0.25, -0.2) is 4.98 Å². The van der Waals surface area contributed by atoms with Crippen molar-refractivity contribution >= 4 is 65.5 Å². The van der Waals surface area contributed by atoms with Crippen LogP contribution in [0.2, 0.25) is 0 Å². The maximum Gasteiger partial charge on any atom is 0.0963 e. The summed E-state index contributed by atoms with van der Waals surface area (Å²) in [4.78, 5) is 14.8. The normalized spacial score (nSPS) is 11.8. The summed E-state index contributed by atoms with van der Waals surface area (Å²) < 4.78 is 7.02. The molecule has 0 spiro atoms. The number of rotatable bonds is 6. The zero-order valence-electron chi connectivity index (χ0n) is 34.0. The number of fused-ring (bicyclic) bond motifs is 9. The third-order valence-corrected chi connectivity index (χ3v) is 12.5. The molecule has 0 amide bonds. The zero-order valence-corrected chi connectivity index (χ0v) is 34.0. The Balaban J connectivity index is 0.983. The Kier molecular flexibility index (Phi) is 7.80. The second-order valence-corrected chi connectivity index (χ2v) is 16.1. The Bertz CT molecular complexity index is 3800. The van der Waals surface area contributed by atoms with Crippen LogP contribution >= 0.6 is 0 Å². The first-order chi connectivity index (χ1) is 31.2. The van der Waals surface area contributed by atoms with Gasteiger partial charge in [0.1, 0.15) is 0 Å². The van der Waals surface area contributed by atoms with Gasteiger partial charge in [0.25, 0.3) is 0 Å². The summed E-state index contributed by atoms with van der Waals surface area (Å²) in [5.74, 6) is 0. The molecule has 6 heteroatoms. The molecule has 0 aliphatic rings. The third-order valence-electron chi connectivity index (χ3n) is 12.5. The van der Waals surface area contributed by atoms with Gasteiger partial charge in [-0.05, 0) is 77.9 Å². The van der Waals surface area contributed by atoms with Gasteiger partial charge in [0.15, 0.2) is 0 Å². The molecule has 13 rings (SSSR count). The molecule has 0 saturated heterocycles. The maximum atomic E-state index is 5.21. The van der Waals surface area contributed by atoms with Crippen molar-refractivity contribution in [1.29, 1.82) is 0 Å². The molecule has 63 heavy (non-hydrogen) atoms. The van der Waals surface area contributed by atoms with Crippen LogP contribution in [0.1, 0.15) is 0 Å². The molecular weight excluding hydrogens is 769 g/mol. The molecule has 6 nitrogen and oxygen atoms in total. The summed E-state index contributed by atoms with van der Waals surface area (Å²) in [5.41, 5.74) is 17.1. The quantitative estimate of drug-likeness (QED) is 0.168. The second-order valence-electron chi connectivity index (χ2n) is 16.1. The monoisotopic (exact) mass is 804 g/mol. The molecule has 0 N–H and O–H groups in total. The highest BCUT2D eigenvalue weighted by Crippen LogP contribution is 2.40. The Morgan fingerprint density at radius 3 is 1.48 bits per heavy atom. The molecule has 0 fully saturated rings. The molecule has 7 aromatic carbocycles. The fourth-order valence-corrected chi connectivity index (χ4v) is 9.74. The lowest BCUT2D eigenvalue weighted by Crippen LogP contribution is -2.00. The zero-order chi connectivity index (χ0) is 41.4. The van der Waals surface area contributed by atoms with E-state index in [4.69, 9.17) is 15.0 Å². The van der Waals surface area contributed by atoms with Crippen LogP contribution in [0.4, 0.5) is 0 Å². The van der Waals surface area contributed by atoms with Crippen LogP contribution in [0.15, 0.2) is 219 Å². The van der Waals surface area contributed by atoms with Crippen molar-refractivity contribution < 1.29 is 0 Å². The van der Waals surface area contributed by atoms with E-state index in [1.54, 1.807) is 0 Å². The predicted octanol–water partition coefficient (Wildman–Crippen LogP) is 14.2. The smallest absolute Gasteiger partial charge is 0.0963 e. The molecule has 0 unspecified atom stereocenters. The average molecular weight is 805 g/mol. The maximum absolute atomic E-state index is 5.21. The van der Waals surface area contributed by atoms with Gasteiger partial charge in [0.2, 0.25) is 0 Å². The van der Waals surface area contributed by atoms with Gasteiger partial charge in [-0.3, -0.25) is 9.97 Å². The number of nitrogens with zero attached hydrogens (tertiary/aromatic N) is 6. The van der Waals surface area contributed by atoms with Gasteiger partial charge in [0, 0.05) is 44.3 Å². The summed E-state index contributed by atoms with van der Waals surface area (Å²) in [6.45, 7) is 0. The molecular formula is C57H36N6. The number of benzene rings is 7. The molecule has 0 atom stereocenters. The number of aromatic nitrogens is 6. The predicted molar refractivity (Wildman–Crippen MR) is 259 cm³/mol. The van der Waals surface area contributed by atoms with E-state index in [2.05, 4.69) is 208 Å². The molecule has 0 radical (unpaired) electrons. The van der Waals surface area contributed by atoms with Crippen LogP contribution in [0.25, 0.3) is 116 Å². The average Bonchev–Trinajstić information content (AvgIpc) is 4.00. The summed E-state index contributed by atoms with van der Waals surface area (Å²) >= 11 is 0. The highest BCUT2D eigenvalue weighted by Gasteiger charge is 2.19. The van der Waals surface area contributed by atoms with Crippen molar-refractivity contribution in [1.82, 2.24) is 28.7 Å². The fraction of sp³-hybridized carbons (Fsp3) is 0. The highest BCUT2D eigenvalue weighted by atomic mass is 15.0. The summed E-state index contributed by atoms with van der Waals surface area (Å²) in [6, 6.07) is 71.4. The lowest BCUT2D eigenvalue weighted by atomic mass is 10.0. The SMILES string of the molecule is c1ccc(-c2cc(-n3c4ccccc4c4ccc(-c5ccc6c(c5)c5ccccc5n6-c5cncc(-n6c7ccccc7c7ncccc76)c5)cc43)cc(-c3ccccc3)n2)cc1. The van der Waals surface area contributed by atoms with Crippen molar-refractivity contribution in [3.63, 3.8) is 0 Å². The van der Waals surface area contributed by atoms with Gasteiger partial charge >= 0.3 is 0 Å². The number of hydrogen-bond donors (Lipinski definition) is 0. The molecule has 6 heterocycles.